The fourth-order valence-electron chi connectivity index (χ4n) is 3.99. The van der Waals surface area contributed by atoms with E-state index in [4.69, 9.17) is 0 Å². The van der Waals surface area contributed by atoms with Crippen LogP contribution < -0.4 is 0 Å². The largest absolute Gasteiger partial charge is 0.480 e. The molecular formula is C21H18F3NO2S. The van der Waals surface area contributed by atoms with Gasteiger partial charge in [-0.25, -0.2) is 0 Å². The summed E-state index contributed by atoms with van der Waals surface area (Å²) in [6, 6.07) is 13.4. The number of hydrogen-bond acceptors (Lipinski definition) is 3. The first-order valence-corrected chi connectivity index (χ1v) is 9.81. The fourth-order valence-corrected chi connectivity index (χ4v) is 5.19. The number of fused-ring (bicyclic) bond motifs is 1. The number of carboxylic acid groups (broad SMARTS) is 1. The molecule has 1 aliphatic heterocycles. The third-order valence-electron chi connectivity index (χ3n) is 5.19. The van der Waals surface area contributed by atoms with Gasteiger partial charge in [-0.05, 0) is 42.0 Å². The molecule has 146 valence electrons. The molecule has 0 amide bonds. The van der Waals surface area contributed by atoms with Gasteiger partial charge in [0.1, 0.15) is 6.04 Å². The van der Waals surface area contributed by atoms with Crippen molar-refractivity contribution < 1.29 is 23.1 Å². The monoisotopic (exact) mass is 405 g/mol. The van der Waals surface area contributed by atoms with Gasteiger partial charge in [-0.2, -0.15) is 13.2 Å². The predicted octanol–water partition coefficient (Wildman–Crippen LogP) is 5.56. The summed E-state index contributed by atoms with van der Waals surface area (Å²) in [5.41, 5.74) is -0.608. The van der Waals surface area contributed by atoms with Crippen molar-refractivity contribution in [3.63, 3.8) is 0 Å². The van der Waals surface area contributed by atoms with Crippen LogP contribution in [0.1, 0.15) is 34.9 Å². The normalized spacial score (nSPS) is 19.2. The maximum absolute atomic E-state index is 13.7. The number of thiophene rings is 1. The molecule has 4 rings (SSSR count). The zero-order valence-electron chi connectivity index (χ0n) is 14.8. The van der Waals surface area contributed by atoms with Crippen molar-refractivity contribution in [1.82, 2.24) is 4.90 Å². The Bertz CT molecular complexity index is 981. The minimum atomic E-state index is -4.51. The number of aliphatic carboxylic acids is 1. The molecular weight excluding hydrogens is 387 g/mol. The van der Waals surface area contributed by atoms with Crippen LogP contribution in [0.2, 0.25) is 0 Å². The van der Waals surface area contributed by atoms with Gasteiger partial charge < -0.3 is 5.11 Å². The summed E-state index contributed by atoms with van der Waals surface area (Å²) >= 11 is 1.42. The van der Waals surface area contributed by atoms with Crippen molar-refractivity contribution in [2.24, 2.45) is 0 Å². The van der Waals surface area contributed by atoms with E-state index in [0.717, 1.165) is 21.0 Å². The first kappa shape index (κ1) is 19.0. The van der Waals surface area contributed by atoms with Crippen LogP contribution in [-0.2, 0) is 11.0 Å². The van der Waals surface area contributed by atoms with Crippen molar-refractivity contribution in [1.29, 1.82) is 0 Å². The average Bonchev–Trinajstić information content (AvgIpc) is 3.28. The van der Waals surface area contributed by atoms with E-state index in [1.165, 1.54) is 23.5 Å². The third-order valence-corrected chi connectivity index (χ3v) is 6.35. The van der Waals surface area contributed by atoms with E-state index in [-0.39, 0.29) is 5.56 Å². The second-order valence-electron chi connectivity index (χ2n) is 6.91. The Labute approximate surface area is 164 Å². The van der Waals surface area contributed by atoms with E-state index in [2.05, 4.69) is 0 Å². The second-order valence-corrected chi connectivity index (χ2v) is 8.02. The molecule has 1 saturated heterocycles. The zero-order chi connectivity index (χ0) is 19.9. The number of carboxylic acids is 1. The van der Waals surface area contributed by atoms with Crippen molar-refractivity contribution in [2.45, 2.75) is 31.1 Å². The molecule has 2 aromatic carbocycles. The summed E-state index contributed by atoms with van der Waals surface area (Å²) in [5.74, 6) is -0.992. The Morgan fingerprint density at radius 3 is 2.57 bits per heavy atom. The van der Waals surface area contributed by atoms with Crippen LogP contribution in [0.5, 0.6) is 0 Å². The number of nitrogens with zero attached hydrogens (tertiary/aromatic N) is 1. The van der Waals surface area contributed by atoms with E-state index < -0.39 is 29.8 Å². The summed E-state index contributed by atoms with van der Waals surface area (Å²) in [6.45, 7) is 0.446. The van der Waals surface area contributed by atoms with Crippen LogP contribution in [-0.4, -0.2) is 28.6 Å². The van der Waals surface area contributed by atoms with Gasteiger partial charge in [0, 0.05) is 16.1 Å². The van der Waals surface area contributed by atoms with Crippen LogP contribution in [0.3, 0.4) is 0 Å². The number of benzene rings is 2. The highest BCUT2D eigenvalue weighted by Gasteiger charge is 2.42. The first-order valence-electron chi connectivity index (χ1n) is 8.99. The van der Waals surface area contributed by atoms with Crippen LogP contribution >= 0.6 is 11.3 Å². The minimum Gasteiger partial charge on any atom is -0.480 e. The fraction of sp³-hybridized carbons (Fsp3) is 0.286. The highest BCUT2D eigenvalue weighted by Crippen LogP contribution is 2.44. The number of halogens is 3. The molecule has 0 bridgehead atoms. The van der Waals surface area contributed by atoms with Crippen molar-refractivity contribution in [2.75, 3.05) is 6.54 Å². The van der Waals surface area contributed by atoms with Gasteiger partial charge >= 0.3 is 12.1 Å². The van der Waals surface area contributed by atoms with Crippen molar-refractivity contribution in [3.05, 3.63) is 70.6 Å². The topological polar surface area (TPSA) is 40.5 Å². The molecule has 1 N–H and O–H groups in total. The molecule has 2 atom stereocenters. The van der Waals surface area contributed by atoms with Crippen LogP contribution in [0.15, 0.2) is 54.6 Å². The van der Waals surface area contributed by atoms with Crippen LogP contribution in [0, 0.1) is 0 Å². The molecule has 1 aliphatic rings. The summed E-state index contributed by atoms with van der Waals surface area (Å²) in [4.78, 5) is 14.2. The van der Waals surface area contributed by atoms with Gasteiger partial charge in [0.2, 0.25) is 0 Å². The highest BCUT2D eigenvalue weighted by atomic mass is 32.1. The number of alkyl halides is 3. The van der Waals surface area contributed by atoms with Crippen molar-refractivity contribution >= 4 is 27.4 Å². The lowest BCUT2D eigenvalue weighted by atomic mass is 9.96. The van der Waals surface area contributed by atoms with Gasteiger partial charge in [-0.15, -0.1) is 11.3 Å². The molecule has 3 aromatic rings. The quantitative estimate of drug-likeness (QED) is 0.618. The maximum Gasteiger partial charge on any atom is 0.416 e. The maximum atomic E-state index is 13.7. The Kier molecular flexibility index (Phi) is 4.89. The first-order chi connectivity index (χ1) is 13.4. The molecule has 0 radical (unpaired) electrons. The summed E-state index contributed by atoms with van der Waals surface area (Å²) in [6.07, 6.45) is -3.43. The molecule has 3 nitrogen and oxygen atoms in total. The van der Waals surface area contributed by atoms with Gasteiger partial charge in [-0.1, -0.05) is 36.4 Å². The van der Waals surface area contributed by atoms with Gasteiger partial charge in [-0.3, -0.25) is 9.69 Å². The molecule has 2 heterocycles. The minimum absolute atomic E-state index is 0.106. The molecule has 0 spiro atoms. The number of hydrogen-bond donors (Lipinski definition) is 1. The van der Waals surface area contributed by atoms with E-state index in [9.17, 15) is 23.1 Å². The molecule has 0 saturated carbocycles. The average molecular weight is 405 g/mol. The molecule has 0 aliphatic carbocycles. The molecule has 7 heteroatoms. The third kappa shape index (κ3) is 3.40. The second kappa shape index (κ2) is 7.22. The Balaban J connectivity index is 1.91. The SMILES string of the molecule is O=C(O)C1CCCN1C(c1cc2ccccc2s1)c1ccccc1C(F)(F)F. The highest BCUT2D eigenvalue weighted by molar-refractivity contribution is 7.19. The smallest absolute Gasteiger partial charge is 0.416 e. The van der Waals surface area contributed by atoms with Gasteiger partial charge in [0.15, 0.2) is 0 Å². The van der Waals surface area contributed by atoms with Gasteiger partial charge in [0.25, 0.3) is 0 Å². The predicted molar refractivity (Wildman–Crippen MR) is 102 cm³/mol. The van der Waals surface area contributed by atoms with E-state index in [1.807, 2.05) is 30.3 Å². The van der Waals surface area contributed by atoms with E-state index >= 15 is 0 Å². The molecule has 1 aromatic heterocycles. The lowest BCUT2D eigenvalue weighted by Gasteiger charge is -2.32. The molecule has 1 fully saturated rings. The molecule has 2 unspecified atom stereocenters. The Morgan fingerprint density at radius 2 is 1.86 bits per heavy atom. The Hall–Kier alpha value is -2.38. The number of carbonyl (C=O) groups is 1. The zero-order valence-corrected chi connectivity index (χ0v) is 15.6. The van der Waals surface area contributed by atoms with E-state index in [0.29, 0.717) is 19.4 Å². The number of likely N-dealkylation sites (tertiary alicyclic amines) is 1. The lowest BCUT2D eigenvalue weighted by molar-refractivity contribution is -0.142. The summed E-state index contributed by atoms with van der Waals surface area (Å²) in [7, 11) is 0. The van der Waals surface area contributed by atoms with Gasteiger partial charge in [0.05, 0.1) is 11.6 Å². The van der Waals surface area contributed by atoms with Crippen LogP contribution in [0.4, 0.5) is 13.2 Å². The number of rotatable bonds is 4. The van der Waals surface area contributed by atoms with Crippen LogP contribution in [0.25, 0.3) is 10.1 Å². The Morgan fingerprint density at radius 1 is 1.14 bits per heavy atom. The summed E-state index contributed by atoms with van der Waals surface area (Å²) in [5, 5.41) is 10.6. The molecule has 28 heavy (non-hydrogen) atoms. The summed E-state index contributed by atoms with van der Waals surface area (Å²) < 4.78 is 42.2. The van der Waals surface area contributed by atoms with E-state index in [1.54, 1.807) is 11.0 Å². The lowest BCUT2D eigenvalue weighted by Crippen LogP contribution is -2.39. The van der Waals surface area contributed by atoms with Crippen molar-refractivity contribution in [3.8, 4) is 0 Å². The standard InChI is InChI=1S/C21H18F3NO2S/c22-21(23,24)15-8-3-2-7-14(15)19(25-11-5-9-16(25)20(26)27)18-12-13-6-1-4-10-17(13)28-18/h1-4,6-8,10,12,16,19H,5,9,11H2,(H,26,27).